The van der Waals surface area contributed by atoms with Gasteiger partial charge in [-0.15, -0.1) is 11.3 Å². The zero-order chi connectivity index (χ0) is 10.5. The molecular formula is C12H18N2S. The highest BCUT2D eigenvalue weighted by atomic mass is 32.1. The van der Waals surface area contributed by atoms with E-state index in [9.17, 15) is 0 Å². The van der Waals surface area contributed by atoms with Crippen molar-refractivity contribution in [1.82, 2.24) is 10.3 Å². The standard InChI is InChI=1S/C12H18N2S/c1-2-12-14-11(9-15-12)8-13-10-6-4-3-5-7-10/h4,6,9-10,13H,2-3,5,7-8H2,1H3. The summed E-state index contributed by atoms with van der Waals surface area (Å²) in [5.74, 6) is 0. The minimum atomic E-state index is 0.561. The van der Waals surface area contributed by atoms with E-state index in [2.05, 4.69) is 34.8 Å². The minimum absolute atomic E-state index is 0.561. The number of aromatic nitrogens is 1. The van der Waals surface area contributed by atoms with Crippen molar-refractivity contribution in [3.05, 3.63) is 28.2 Å². The normalized spacial score (nSPS) is 20.7. The largest absolute Gasteiger partial charge is 0.305 e. The van der Waals surface area contributed by atoms with E-state index in [1.807, 2.05) is 0 Å². The van der Waals surface area contributed by atoms with Crippen LogP contribution >= 0.6 is 11.3 Å². The Balaban J connectivity index is 1.81. The lowest BCUT2D eigenvalue weighted by molar-refractivity contribution is 0.519. The van der Waals surface area contributed by atoms with E-state index < -0.39 is 0 Å². The monoisotopic (exact) mass is 222 g/mol. The Morgan fingerprint density at radius 1 is 1.60 bits per heavy atom. The van der Waals surface area contributed by atoms with Crippen LogP contribution in [0.2, 0.25) is 0 Å². The fourth-order valence-corrected chi connectivity index (χ4v) is 2.56. The number of nitrogens with one attached hydrogen (secondary N) is 1. The van der Waals surface area contributed by atoms with Gasteiger partial charge in [0.2, 0.25) is 0 Å². The molecule has 1 atom stereocenters. The summed E-state index contributed by atoms with van der Waals surface area (Å²) in [4.78, 5) is 4.55. The number of allylic oxidation sites excluding steroid dienone is 1. The third kappa shape index (κ3) is 3.14. The molecule has 1 aromatic heterocycles. The van der Waals surface area contributed by atoms with E-state index in [1.165, 1.54) is 30.0 Å². The molecule has 0 aliphatic heterocycles. The first kappa shape index (κ1) is 10.8. The molecule has 1 aliphatic rings. The smallest absolute Gasteiger partial charge is 0.0926 e. The SMILES string of the molecule is CCc1nc(CNC2C=CCCC2)cs1. The molecule has 1 N–H and O–H groups in total. The van der Waals surface area contributed by atoms with Crippen LogP contribution in [0.5, 0.6) is 0 Å². The van der Waals surface area contributed by atoms with Crippen LogP contribution in [0, 0.1) is 0 Å². The molecule has 0 fully saturated rings. The maximum Gasteiger partial charge on any atom is 0.0926 e. The summed E-state index contributed by atoms with van der Waals surface area (Å²) in [5, 5.41) is 6.94. The molecule has 0 bridgehead atoms. The summed E-state index contributed by atoms with van der Waals surface area (Å²) in [5.41, 5.74) is 1.19. The molecule has 15 heavy (non-hydrogen) atoms. The first-order valence-electron chi connectivity index (χ1n) is 5.72. The van der Waals surface area contributed by atoms with Crippen molar-refractivity contribution >= 4 is 11.3 Å². The molecule has 2 nitrogen and oxygen atoms in total. The molecule has 0 spiro atoms. The van der Waals surface area contributed by atoms with Gasteiger partial charge in [0.05, 0.1) is 10.7 Å². The van der Waals surface area contributed by atoms with Crippen LogP contribution in [0.1, 0.15) is 36.9 Å². The number of thiazole rings is 1. The first-order valence-corrected chi connectivity index (χ1v) is 6.59. The summed E-state index contributed by atoms with van der Waals surface area (Å²) >= 11 is 1.77. The quantitative estimate of drug-likeness (QED) is 0.792. The van der Waals surface area contributed by atoms with Crippen LogP contribution in [0.3, 0.4) is 0 Å². The van der Waals surface area contributed by atoms with Crippen molar-refractivity contribution in [1.29, 1.82) is 0 Å². The third-order valence-corrected chi connectivity index (χ3v) is 3.74. The number of aryl methyl sites for hydroxylation is 1. The Hall–Kier alpha value is -0.670. The molecule has 0 radical (unpaired) electrons. The van der Waals surface area contributed by atoms with E-state index in [1.54, 1.807) is 11.3 Å². The van der Waals surface area contributed by atoms with Crippen LogP contribution in [0.25, 0.3) is 0 Å². The Morgan fingerprint density at radius 2 is 2.53 bits per heavy atom. The van der Waals surface area contributed by atoms with Crippen LogP contribution in [-0.4, -0.2) is 11.0 Å². The second-order valence-corrected chi connectivity index (χ2v) is 4.88. The molecular weight excluding hydrogens is 204 g/mol. The van der Waals surface area contributed by atoms with Crippen molar-refractivity contribution < 1.29 is 0 Å². The number of hydrogen-bond acceptors (Lipinski definition) is 3. The lowest BCUT2D eigenvalue weighted by atomic mass is 10.0. The van der Waals surface area contributed by atoms with E-state index in [0.717, 1.165) is 13.0 Å². The van der Waals surface area contributed by atoms with Crippen molar-refractivity contribution in [2.24, 2.45) is 0 Å². The van der Waals surface area contributed by atoms with Gasteiger partial charge >= 0.3 is 0 Å². The second-order valence-electron chi connectivity index (χ2n) is 3.93. The molecule has 1 aliphatic carbocycles. The fraction of sp³-hybridized carbons (Fsp3) is 0.583. The van der Waals surface area contributed by atoms with Gasteiger partial charge in [-0.25, -0.2) is 4.98 Å². The van der Waals surface area contributed by atoms with Crippen molar-refractivity contribution in [2.75, 3.05) is 0 Å². The summed E-state index contributed by atoms with van der Waals surface area (Å²) < 4.78 is 0. The Bertz CT molecular complexity index is 330. The molecule has 0 aromatic carbocycles. The van der Waals surface area contributed by atoms with Gasteiger partial charge < -0.3 is 5.32 Å². The highest BCUT2D eigenvalue weighted by Crippen LogP contribution is 2.13. The average Bonchev–Trinajstić information content (AvgIpc) is 2.76. The van der Waals surface area contributed by atoms with Crippen LogP contribution < -0.4 is 5.32 Å². The van der Waals surface area contributed by atoms with Crippen molar-refractivity contribution in [2.45, 2.75) is 45.2 Å². The molecule has 0 saturated carbocycles. The molecule has 1 heterocycles. The zero-order valence-electron chi connectivity index (χ0n) is 9.20. The maximum absolute atomic E-state index is 4.55. The summed E-state index contributed by atoms with van der Waals surface area (Å²) in [6.45, 7) is 3.06. The van der Waals surface area contributed by atoms with Gasteiger partial charge in [-0.3, -0.25) is 0 Å². The van der Waals surface area contributed by atoms with Crippen LogP contribution in [0.4, 0.5) is 0 Å². The maximum atomic E-state index is 4.55. The van der Waals surface area contributed by atoms with E-state index in [4.69, 9.17) is 0 Å². The average molecular weight is 222 g/mol. The predicted octanol–water partition coefficient (Wildman–Crippen LogP) is 2.90. The molecule has 1 unspecified atom stereocenters. The van der Waals surface area contributed by atoms with E-state index in [0.29, 0.717) is 6.04 Å². The van der Waals surface area contributed by atoms with E-state index in [-0.39, 0.29) is 0 Å². The Labute approximate surface area is 95.4 Å². The summed E-state index contributed by atoms with van der Waals surface area (Å²) in [7, 11) is 0. The Morgan fingerprint density at radius 3 is 3.20 bits per heavy atom. The van der Waals surface area contributed by atoms with Gasteiger partial charge in [-0.05, 0) is 25.7 Å². The molecule has 0 saturated heterocycles. The first-order chi connectivity index (χ1) is 7.38. The second kappa shape index (κ2) is 5.42. The molecule has 3 heteroatoms. The minimum Gasteiger partial charge on any atom is -0.305 e. The zero-order valence-corrected chi connectivity index (χ0v) is 10.0. The lowest BCUT2D eigenvalue weighted by Crippen LogP contribution is -2.27. The number of hydrogen-bond donors (Lipinski definition) is 1. The van der Waals surface area contributed by atoms with Gasteiger partial charge in [0, 0.05) is 18.0 Å². The molecule has 0 amide bonds. The predicted molar refractivity (Wildman–Crippen MR) is 65.1 cm³/mol. The Kier molecular flexibility index (Phi) is 3.92. The van der Waals surface area contributed by atoms with Gasteiger partial charge in [0.25, 0.3) is 0 Å². The fourth-order valence-electron chi connectivity index (χ4n) is 1.81. The molecule has 2 rings (SSSR count). The van der Waals surface area contributed by atoms with Gasteiger partial charge in [-0.2, -0.15) is 0 Å². The van der Waals surface area contributed by atoms with Crippen LogP contribution in [-0.2, 0) is 13.0 Å². The van der Waals surface area contributed by atoms with Gasteiger partial charge in [0.1, 0.15) is 0 Å². The molecule has 82 valence electrons. The van der Waals surface area contributed by atoms with Crippen molar-refractivity contribution in [3.8, 4) is 0 Å². The lowest BCUT2D eigenvalue weighted by Gasteiger charge is -2.17. The third-order valence-electron chi connectivity index (χ3n) is 2.70. The molecule has 1 aromatic rings. The highest BCUT2D eigenvalue weighted by molar-refractivity contribution is 7.09. The van der Waals surface area contributed by atoms with Crippen LogP contribution in [0.15, 0.2) is 17.5 Å². The number of nitrogens with zero attached hydrogens (tertiary/aromatic N) is 1. The summed E-state index contributed by atoms with van der Waals surface area (Å²) in [6, 6.07) is 0.561. The topological polar surface area (TPSA) is 24.9 Å². The van der Waals surface area contributed by atoms with E-state index >= 15 is 0 Å². The highest BCUT2D eigenvalue weighted by Gasteiger charge is 2.08. The van der Waals surface area contributed by atoms with Gasteiger partial charge in [-0.1, -0.05) is 19.1 Å². The number of rotatable bonds is 4. The van der Waals surface area contributed by atoms with Crippen molar-refractivity contribution in [3.63, 3.8) is 0 Å². The summed E-state index contributed by atoms with van der Waals surface area (Å²) in [6.07, 6.45) is 9.44. The van der Waals surface area contributed by atoms with Gasteiger partial charge in [0.15, 0.2) is 0 Å².